The zero-order valence-electron chi connectivity index (χ0n) is 13.7. The lowest BCUT2D eigenvalue weighted by Crippen LogP contribution is -2.28. The molecule has 0 aliphatic carbocycles. The van der Waals surface area contributed by atoms with Crippen molar-refractivity contribution in [2.75, 3.05) is 18.4 Å². The van der Waals surface area contributed by atoms with Gasteiger partial charge in [-0.2, -0.15) is 0 Å². The summed E-state index contributed by atoms with van der Waals surface area (Å²) in [6.45, 7) is 1.49. The number of halogens is 1. The van der Waals surface area contributed by atoms with Gasteiger partial charge in [-0.25, -0.2) is 0 Å². The number of likely N-dealkylation sites (tertiary alicyclic amines) is 1. The summed E-state index contributed by atoms with van der Waals surface area (Å²) < 4.78 is 0. The van der Waals surface area contributed by atoms with Gasteiger partial charge in [-0.1, -0.05) is 41.9 Å². The number of benzene rings is 2. The van der Waals surface area contributed by atoms with Gasteiger partial charge >= 0.3 is 0 Å². The Bertz CT molecular complexity index is 797. The number of hydrogen-bond donors (Lipinski definition) is 1. The van der Waals surface area contributed by atoms with Crippen molar-refractivity contribution >= 4 is 35.2 Å². The maximum atomic E-state index is 12.7. The van der Waals surface area contributed by atoms with Crippen molar-refractivity contribution in [3.63, 3.8) is 0 Å². The Morgan fingerprint density at radius 1 is 1.04 bits per heavy atom. The van der Waals surface area contributed by atoms with E-state index in [9.17, 15) is 9.59 Å². The Morgan fingerprint density at radius 3 is 2.48 bits per heavy atom. The highest BCUT2D eigenvalue weighted by Gasteiger charge is 2.22. The number of carbonyl (C=O) groups is 2. The van der Waals surface area contributed by atoms with E-state index in [0.29, 0.717) is 16.3 Å². The van der Waals surface area contributed by atoms with Crippen LogP contribution in [0.3, 0.4) is 0 Å². The summed E-state index contributed by atoms with van der Waals surface area (Å²) in [4.78, 5) is 26.7. The number of carbonyl (C=O) groups excluding carboxylic acids is 2. The van der Waals surface area contributed by atoms with Gasteiger partial charge in [0.1, 0.15) is 0 Å². The summed E-state index contributed by atoms with van der Waals surface area (Å²) in [6.07, 6.45) is 5.20. The van der Waals surface area contributed by atoms with E-state index in [-0.39, 0.29) is 11.8 Å². The van der Waals surface area contributed by atoms with Crippen LogP contribution in [0.2, 0.25) is 5.02 Å². The molecule has 128 valence electrons. The Labute approximate surface area is 152 Å². The Hall–Kier alpha value is -2.59. The van der Waals surface area contributed by atoms with Crippen LogP contribution < -0.4 is 5.32 Å². The number of amides is 2. The van der Waals surface area contributed by atoms with Crippen molar-refractivity contribution in [3.05, 3.63) is 70.8 Å². The maximum Gasteiger partial charge on any atom is 0.256 e. The van der Waals surface area contributed by atoms with Crippen LogP contribution in [0.4, 0.5) is 5.69 Å². The quantitative estimate of drug-likeness (QED) is 0.835. The summed E-state index contributed by atoms with van der Waals surface area (Å²) in [5.41, 5.74) is 1.84. The van der Waals surface area contributed by atoms with Crippen molar-refractivity contribution in [3.8, 4) is 0 Å². The van der Waals surface area contributed by atoms with Gasteiger partial charge in [-0.05, 0) is 42.7 Å². The number of anilines is 1. The normalized spacial score (nSPS) is 14.0. The summed E-state index contributed by atoms with van der Waals surface area (Å²) in [6, 6.07) is 14.5. The first-order valence-corrected chi connectivity index (χ1v) is 8.64. The monoisotopic (exact) mass is 354 g/mol. The van der Waals surface area contributed by atoms with Crippen molar-refractivity contribution in [1.29, 1.82) is 0 Å². The van der Waals surface area contributed by atoms with Crippen LogP contribution in [0.5, 0.6) is 0 Å². The molecule has 0 bridgehead atoms. The molecule has 1 aliphatic rings. The average molecular weight is 355 g/mol. The molecule has 5 heteroatoms. The van der Waals surface area contributed by atoms with Gasteiger partial charge in [0.15, 0.2) is 0 Å². The molecule has 0 unspecified atom stereocenters. The summed E-state index contributed by atoms with van der Waals surface area (Å²) >= 11 is 6.05. The predicted octanol–water partition coefficient (Wildman–Crippen LogP) is 4.23. The van der Waals surface area contributed by atoms with Gasteiger partial charge in [0, 0.05) is 24.2 Å². The molecule has 1 saturated heterocycles. The molecule has 1 fully saturated rings. The van der Waals surface area contributed by atoms with Crippen LogP contribution in [-0.2, 0) is 4.79 Å². The van der Waals surface area contributed by atoms with E-state index in [2.05, 4.69) is 5.32 Å². The fourth-order valence-electron chi connectivity index (χ4n) is 2.80. The van der Waals surface area contributed by atoms with E-state index in [0.717, 1.165) is 31.5 Å². The molecule has 2 aromatic carbocycles. The lowest BCUT2D eigenvalue weighted by Gasteiger charge is -2.18. The summed E-state index contributed by atoms with van der Waals surface area (Å²) in [5, 5.41) is 3.25. The summed E-state index contributed by atoms with van der Waals surface area (Å²) in [5.74, 6) is -0.385. The molecule has 0 atom stereocenters. The molecular weight excluding hydrogens is 336 g/mol. The first-order valence-electron chi connectivity index (χ1n) is 8.26. The lowest BCUT2D eigenvalue weighted by atomic mass is 10.1. The minimum atomic E-state index is -0.290. The van der Waals surface area contributed by atoms with E-state index in [4.69, 9.17) is 11.6 Å². The number of nitrogens with zero attached hydrogens (tertiary/aromatic N) is 1. The molecule has 1 aliphatic heterocycles. The number of nitrogens with one attached hydrogen (secondary N) is 1. The zero-order chi connectivity index (χ0) is 17.6. The van der Waals surface area contributed by atoms with Crippen LogP contribution in [0.25, 0.3) is 6.08 Å². The SMILES string of the molecule is O=C(/C=C/c1ccccc1)Nc1ccc(Cl)cc1C(=O)N1CCCC1. The molecule has 1 N–H and O–H groups in total. The molecule has 0 radical (unpaired) electrons. The average Bonchev–Trinajstić information content (AvgIpc) is 3.16. The predicted molar refractivity (Wildman–Crippen MR) is 101 cm³/mol. The number of rotatable bonds is 4. The highest BCUT2D eigenvalue weighted by Crippen LogP contribution is 2.24. The molecule has 3 rings (SSSR count). The van der Waals surface area contributed by atoms with E-state index in [1.54, 1.807) is 29.2 Å². The van der Waals surface area contributed by atoms with Crippen molar-refractivity contribution in [2.24, 2.45) is 0 Å². The minimum absolute atomic E-state index is 0.0951. The highest BCUT2D eigenvalue weighted by atomic mass is 35.5. The van der Waals surface area contributed by atoms with Gasteiger partial charge in [-0.15, -0.1) is 0 Å². The van der Waals surface area contributed by atoms with Crippen LogP contribution in [0.15, 0.2) is 54.6 Å². The van der Waals surface area contributed by atoms with Gasteiger partial charge in [0.2, 0.25) is 5.91 Å². The van der Waals surface area contributed by atoms with Crippen molar-refractivity contribution in [2.45, 2.75) is 12.8 Å². The molecule has 2 amide bonds. The van der Waals surface area contributed by atoms with Crippen molar-refractivity contribution in [1.82, 2.24) is 4.90 Å². The zero-order valence-corrected chi connectivity index (χ0v) is 14.5. The third-order valence-electron chi connectivity index (χ3n) is 4.09. The molecule has 2 aromatic rings. The molecule has 0 aromatic heterocycles. The van der Waals surface area contributed by atoms with Crippen LogP contribution in [-0.4, -0.2) is 29.8 Å². The molecule has 25 heavy (non-hydrogen) atoms. The second-order valence-electron chi connectivity index (χ2n) is 5.92. The maximum absolute atomic E-state index is 12.7. The van der Waals surface area contributed by atoms with Crippen molar-refractivity contribution < 1.29 is 9.59 Å². The minimum Gasteiger partial charge on any atom is -0.339 e. The Balaban J connectivity index is 1.76. The molecular formula is C20H19ClN2O2. The van der Waals surface area contributed by atoms with E-state index >= 15 is 0 Å². The second-order valence-corrected chi connectivity index (χ2v) is 6.36. The van der Waals surface area contributed by atoms with Gasteiger partial charge in [0.25, 0.3) is 5.91 Å². The van der Waals surface area contributed by atoms with E-state index < -0.39 is 0 Å². The fourth-order valence-corrected chi connectivity index (χ4v) is 2.98. The smallest absolute Gasteiger partial charge is 0.256 e. The van der Waals surface area contributed by atoms with Crippen LogP contribution in [0.1, 0.15) is 28.8 Å². The van der Waals surface area contributed by atoms with Crippen LogP contribution >= 0.6 is 11.6 Å². The third kappa shape index (κ3) is 4.48. The second kappa shape index (κ2) is 7.99. The fraction of sp³-hybridized carbons (Fsp3) is 0.200. The Morgan fingerprint density at radius 2 is 1.76 bits per heavy atom. The standard InChI is InChI=1S/C20H19ClN2O2/c21-16-9-10-18(17(14-16)20(25)23-12-4-5-13-23)22-19(24)11-8-15-6-2-1-3-7-15/h1-3,6-11,14H,4-5,12-13H2,(H,22,24)/b11-8+. The third-order valence-corrected chi connectivity index (χ3v) is 4.32. The molecule has 0 spiro atoms. The van der Waals surface area contributed by atoms with Gasteiger partial charge < -0.3 is 10.2 Å². The first kappa shape index (κ1) is 17.2. The largest absolute Gasteiger partial charge is 0.339 e. The molecule has 4 nitrogen and oxygen atoms in total. The van der Waals surface area contributed by atoms with Gasteiger partial charge in [0.05, 0.1) is 11.3 Å². The van der Waals surface area contributed by atoms with Crippen LogP contribution in [0, 0.1) is 0 Å². The summed E-state index contributed by atoms with van der Waals surface area (Å²) in [7, 11) is 0. The number of hydrogen-bond acceptors (Lipinski definition) is 2. The highest BCUT2D eigenvalue weighted by molar-refractivity contribution is 6.31. The molecule has 0 saturated carbocycles. The first-order chi connectivity index (χ1) is 12.1. The molecule has 1 heterocycles. The van der Waals surface area contributed by atoms with Gasteiger partial charge in [-0.3, -0.25) is 9.59 Å². The van der Waals surface area contributed by atoms with E-state index in [1.165, 1.54) is 6.08 Å². The Kier molecular flexibility index (Phi) is 5.51. The lowest BCUT2D eigenvalue weighted by molar-refractivity contribution is -0.111. The topological polar surface area (TPSA) is 49.4 Å². The van der Waals surface area contributed by atoms with E-state index in [1.807, 2.05) is 30.3 Å².